The Morgan fingerprint density at radius 2 is 2.16 bits per heavy atom. The van der Waals surface area contributed by atoms with Crippen molar-refractivity contribution in [2.24, 2.45) is 0 Å². The van der Waals surface area contributed by atoms with E-state index in [0.29, 0.717) is 17.5 Å². The number of rotatable bonds is 7. The highest BCUT2D eigenvalue weighted by molar-refractivity contribution is 5.78. The summed E-state index contributed by atoms with van der Waals surface area (Å²) in [5.74, 6) is 0.386. The number of carbonyl (C=O) groups is 1. The van der Waals surface area contributed by atoms with Gasteiger partial charge in [-0.05, 0) is 31.9 Å². The lowest BCUT2D eigenvalue weighted by atomic mass is 10.0. The maximum Gasteiger partial charge on any atom is 0.327 e. The summed E-state index contributed by atoms with van der Waals surface area (Å²) in [6.07, 6.45) is 2.06. The van der Waals surface area contributed by atoms with Gasteiger partial charge >= 0.3 is 5.97 Å². The van der Waals surface area contributed by atoms with Gasteiger partial charge in [0.1, 0.15) is 23.6 Å². The van der Waals surface area contributed by atoms with Crippen molar-refractivity contribution in [2.45, 2.75) is 31.3 Å². The summed E-state index contributed by atoms with van der Waals surface area (Å²) < 4.78 is 10.7. The molecule has 0 amide bonds. The number of ether oxygens (including phenoxy) is 2. The van der Waals surface area contributed by atoms with Crippen LogP contribution in [0.5, 0.6) is 11.5 Å². The summed E-state index contributed by atoms with van der Waals surface area (Å²) in [4.78, 5) is 11.4. The molecule has 19 heavy (non-hydrogen) atoms. The van der Waals surface area contributed by atoms with E-state index >= 15 is 0 Å². The van der Waals surface area contributed by atoms with Crippen LogP contribution in [-0.2, 0) is 4.79 Å². The zero-order chi connectivity index (χ0) is 13.9. The Hall–Kier alpha value is -1.75. The van der Waals surface area contributed by atoms with Gasteiger partial charge in [0.2, 0.25) is 0 Å². The fourth-order valence-corrected chi connectivity index (χ4v) is 1.76. The van der Waals surface area contributed by atoms with Gasteiger partial charge in [-0.1, -0.05) is 6.07 Å². The number of carboxylic acids is 1. The van der Waals surface area contributed by atoms with Crippen molar-refractivity contribution in [3.05, 3.63) is 24.3 Å². The van der Waals surface area contributed by atoms with Gasteiger partial charge < -0.3 is 14.6 Å². The molecule has 5 nitrogen and oxygen atoms in total. The van der Waals surface area contributed by atoms with Crippen LogP contribution in [0.1, 0.15) is 19.8 Å². The molecule has 1 atom stereocenters. The predicted molar refractivity (Wildman–Crippen MR) is 70.7 cm³/mol. The number of nitrogens with one attached hydrogen (secondary N) is 1. The predicted octanol–water partition coefficient (Wildman–Crippen LogP) is 1.67. The molecule has 0 heterocycles. The highest BCUT2D eigenvalue weighted by atomic mass is 16.5. The standard InChI is InChI=1S/C14H19NO4/c1-14(13(16)17,15-10-6-7-10)9-19-12-5-3-4-11(8-12)18-2/h3-5,8,10,15H,6-7,9H2,1-2H3,(H,16,17). The summed E-state index contributed by atoms with van der Waals surface area (Å²) >= 11 is 0. The average Bonchev–Trinajstić information content (AvgIpc) is 3.20. The van der Waals surface area contributed by atoms with Crippen LogP contribution in [0.2, 0.25) is 0 Å². The zero-order valence-electron chi connectivity index (χ0n) is 11.2. The highest BCUT2D eigenvalue weighted by Crippen LogP contribution is 2.24. The molecule has 1 aliphatic rings. The topological polar surface area (TPSA) is 67.8 Å². The van der Waals surface area contributed by atoms with Gasteiger partial charge in [0.25, 0.3) is 0 Å². The Labute approximate surface area is 112 Å². The van der Waals surface area contributed by atoms with E-state index in [9.17, 15) is 9.90 Å². The van der Waals surface area contributed by atoms with Crippen LogP contribution in [0, 0.1) is 0 Å². The molecule has 1 fully saturated rings. The Bertz CT molecular complexity index is 459. The molecule has 1 aliphatic carbocycles. The van der Waals surface area contributed by atoms with E-state index in [4.69, 9.17) is 9.47 Å². The molecule has 1 aromatic rings. The molecule has 1 saturated carbocycles. The summed E-state index contributed by atoms with van der Waals surface area (Å²) in [5.41, 5.74) is -1.07. The lowest BCUT2D eigenvalue weighted by Gasteiger charge is -2.26. The van der Waals surface area contributed by atoms with E-state index in [1.807, 2.05) is 6.07 Å². The van der Waals surface area contributed by atoms with Crippen molar-refractivity contribution in [1.29, 1.82) is 0 Å². The van der Waals surface area contributed by atoms with Gasteiger partial charge in [0.15, 0.2) is 0 Å². The molecule has 104 valence electrons. The number of carboxylic acid groups (broad SMARTS) is 1. The maximum atomic E-state index is 11.4. The Kier molecular flexibility index (Phi) is 3.95. The van der Waals surface area contributed by atoms with Gasteiger partial charge in [-0.25, -0.2) is 0 Å². The number of aliphatic carboxylic acids is 1. The minimum Gasteiger partial charge on any atom is -0.497 e. The van der Waals surface area contributed by atoms with Gasteiger partial charge in [0.05, 0.1) is 7.11 Å². The molecule has 0 spiro atoms. The van der Waals surface area contributed by atoms with Gasteiger partial charge in [-0.15, -0.1) is 0 Å². The smallest absolute Gasteiger partial charge is 0.327 e. The second kappa shape index (κ2) is 5.48. The zero-order valence-corrected chi connectivity index (χ0v) is 11.2. The molecule has 0 saturated heterocycles. The molecule has 0 aromatic heterocycles. The SMILES string of the molecule is COc1cccc(OCC(C)(NC2CC2)C(=O)O)c1. The Morgan fingerprint density at radius 1 is 1.47 bits per heavy atom. The van der Waals surface area contributed by atoms with Gasteiger partial charge in [-0.2, -0.15) is 0 Å². The van der Waals surface area contributed by atoms with Crippen LogP contribution in [0.15, 0.2) is 24.3 Å². The Morgan fingerprint density at radius 3 is 2.74 bits per heavy atom. The fourth-order valence-electron chi connectivity index (χ4n) is 1.76. The van der Waals surface area contributed by atoms with Crippen molar-refractivity contribution >= 4 is 5.97 Å². The van der Waals surface area contributed by atoms with Gasteiger partial charge in [-0.3, -0.25) is 10.1 Å². The molecule has 0 aliphatic heterocycles. The molecule has 0 bridgehead atoms. The van der Waals surface area contributed by atoms with Crippen LogP contribution in [0.4, 0.5) is 0 Å². The maximum absolute atomic E-state index is 11.4. The van der Waals surface area contributed by atoms with Crippen molar-refractivity contribution in [3.8, 4) is 11.5 Å². The summed E-state index contributed by atoms with van der Waals surface area (Å²) in [5, 5.41) is 12.4. The van der Waals surface area contributed by atoms with Crippen LogP contribution in [0.25, 0.3) is 0 Å². The first-order valence-corrected chi connectivity index (χ1v) is 6.31. The van der Waals surface area contributed by atoms with E-state index in [1.165, 1.54) is 0 Å². The third kappa shape index (κ3) is 3.61. The number of benzene rings is 1. The second-order valence-electron chi connectivity index (χ2n) is 5.02. The van der Waals surface area contributed by atoms with Crippen molar-refractivity contribution in [3.63, 3.8) is 0 Å². The molecule has 1 aromatic carbocycles. The van der Waals surface area contributed by atoms with E-state index in [0.717, 1.165) is 12.8 Å². The quantitative estimate of drug-likeness (QED) is 0.785. The van der Waals surface area contributed by atoms with Crippen LogP contribution >= 0.6 is 0 Å². The monoisotopic (exact) mass is 265 g/mol. The van der Waals surface area contributed by atoms with Crippen LogP contribution in [-0.4, -0.2) is 36.4 Å². The summed E-state index contributed by atoms with van der Waals surface area (Å²) in [7, 11) is 1.58. The molecule has 2 rings (SSSR count). The van der Waals surface area contributed by atoms with Crippen molar-refractivity contribution in [1.82, 2.24) is 5.32 Å². The number of hydrogen-bond acceptors (Lipinski definition) is 4. The molecule has 2 N–H and O–H groups in total. The minimum absolute atomic E-state index is 0.0754. The minimum atomic E-state index is -1.07. The van der Waals surface area contributed by atoms with Crippen LogP contribution in [0.3, 0.4) is 0 Å². The normalized spacial score (nSPS) is 17.6. The molecule has 1 unspecified atom stereocenters. The lowest BCUT2D eigenvalue weighted by molar-refractivity contribution is -0.145. The van der Waals surface area contributed by atoms with E-state index in [-0.39, 0.29) is 6.61 Å². The van der Waals surface area contributed by atoms with E-state index < -0.39 is 11.5 Å². The third-order valence-electron chi connectivity index (χ3n) is 3.14. The lowest BCUT2D eigenvalue weighted by Crippen LogP contribution is -2.54. The molecular formula is C14H19NO4. The van der Waals surface area contributed by atoms with Crippen molar-refractivity contribution < 1.29 is 19.4 Å². The highest BCUT2D eigenvalue weighted by Gasteiger charge is 2.39. The first-order chi connectivity index (χ1) is 9.03. The molecular weight excluding hydrogens is 246 g/mol. The summed E-state index contributed by atoms with van der Waals surface area (Å²) in [6, 6.07) is 7.43. The number of hydrogen-bond donors (Lipinski definition) is 2. The number of methoxy groups -OCH3 is 1. The molecule has 5 heteroatoms. The van der Waals surface area contributed by atoms with Gasteiger partial charge in [0, 0.05) is 12.1 Å². The van der Waals surface area contributed by atoms with E-state index in [1.54, 1.807) is 32.2 Å². The third-order valence-corrected chi connectivity index (χ3v) is 3.14. The van der Waals surface area contributed by atoms with Crippen LogP contribution < -0.4 is 14.8 Å². The second-order valence-corrected chi connectivity index (χ2v) is 5.02. The Balaban J connectivity index is 1.99. The first kappa shape index (κ1) is 13.7. The first-order valence-electron chi connectivity index (χ1n) is 6.31. The largest absolute Gasteiger partial charge is 0.497 e. The average molecular weight is 265 g/mol. The fraction of sp³-hybridized carbons (Fsp3) is 0.500. The van der Waals surface area contributed by atoms with Crippen molar-refractivity contribution in [2.75, 3.05) is 13.7 Å². The summed E-state index contributed by atoms with van der Waals surface area (Å²) in [6.45, 7) is 1.72. The molecule has 0 radical (unpaired) electrons. The van der Waals surface area contributed by atoms with E-state index in [2.05, 4.69) is 5.32 Å².